The highest BCUT2D eigenvalue weighted by Gasteiger charge is 2.18. The van der Waals surface area contributed by atoms with Gasteiger partial charge in [0, 0.05) is 12.1 Å². The number of rotatable bonds is 8. The van der Waals surface area contributed by atoms with E-state index in [2.05, 4.69) is 33.0 Å². The van der Waals surface area contributed by atoms with E-state index >= 15 is 0 Å². The van der Waals surface area contributed by atoms with Crippen LogP contribution >= 0.6 is 0 Å². The highest BCUT2D eigenvalue weighted by molar-refractivity contribution is 5.22. The Kier molecular flexibility index (Phi) is 7.22. The lowest BCUT2D eigenvalue weighted by atomic mass is 9.91. The van der Waals surface area contributed by atoms with Gasteiger partial charge in [0.25, 0.3) is 0 Å². The molecule has 0 aromatic heterocycles. The predicted molar refractivity (Wildman–Crippen MR) is 85.7 cm³/mol. The summed E-state index contributed by atoms with van der Waals surface area (Å²) in [7, 11) is 0. The number of nitrogens with one attached hydrogen (secondary N) is 1. The molecule has 0 aliphatic carbocycles. The van der Waals surface area contributed by atoms with Crippen molar-refractivity contribution in [2.24, 2.45) is 0 Å². The van der Waals surface area contributed by atoms with Gasteiger partial charge in [-0.05, 0) is 44.7 Å². The summed E-state index contributed by atoms with van der Waals surface area (Å²) < 4.78 is 14.0. The van der Waals surface area contributed by atoms with E-state index < -0.39 is 0 Å². The molecule has 1 nitrogen and oxygen atoms in total. The molecule has 0 aliphatic heterocycles. The molecule has 1 rings (SSSR count). The topological polar surface area (TPSA) is 12.0 Å². The molecule has 20 heavy (non-hydrogen) atoms. The molecule has 0 saturated carbocycles. The van der Waals surface area contributed by atoms with E-state index in [1.54, 1.807) is 12.1 Å². The number of halogens is 1. The summed E-state index contributed by atoms with van der Waals surface area (Å²) in [6.07, 6.45) is 6.00. The molecule has 1 atom stereocenters. The van der Waals surface area contributed by atoms with Crippen LogP contribution in [0.5, 0.6) is 0 Å². The van der Waals surface area contributed by atoms with Gasteiger partial charge in [-0.2, -0.15) is 0 Å². The molecule has 0 aliphatic rings. The van der Waals surface area contributed by atoms with Gasteiger partial charge in [0.15, 0.2) is 0 Å². The first-order valence-electron chi connectivity index (χ1n) is 7.93. The van der Waals surface area contributed by atoms with Crippen LogP contribution in [-0.4, -0.2) is 12.1 Å². The molecule has 1 unspecified atom stereocenters. The fourth-order valence-electron chi connectivity index (χ4n) is 2.42. The van der Waals surface area contributed by atoms with Crippen molar-refractivity contribution in [1.29, 1.82) is 0 Å². The van der Waals surface area contributed by atoms with Gasteiger partial charge < -0.3 is 5.32 Å². The van der Waals surface area contributed by atoms with Crippen LogP contribution in [0, 0.1) is 5.82 Å². The molecule has 1 N–H and O–H groups in total. The summed E-state index contributed by atoms with van der Waals surface area (Å²) in [5.74, 6) is 0.205. The number of hydrogen-bond acceptors (Lipinski definition) is 1. The Morgan fingerprint density at radius 3 is 2.40 bits per heavy atom. The van der Waals surface area contributed by atoms with Gasteiger partial charge in [0.05, 0.1) is 0 Å². The van der Waals surface area contributed by atoms with Crippen LogP contribution in [0.1, 0.15) is 71.3 Å². The molecule has 2 heteroatoms. The monoisotopic (exact) mass is 279 g/mol. The van der Waals surface area contributed by atoms with Crippen molar-refractivity contribution in [3.63, 3.8) is 0 Å². The Bertz CT molecular complexity index is 381. The highest BCUT2D eigenvalue weighted by atomic mass is 19.1. The minimum atomic E-state index is -0.0660. The van der Waals surface area contributed by atoms with E-state index in [1.165, 1.54) is 25.7 Å². The first kappa shape index (κ1) is 17.2. The molecule has 0 heterocycles. The average Bonchev–Trinajstić information content (AvgIpc) is 2.38. The molecular weight excluding hydrogens is 249 g/mol. The summed E-state index contributed by atoms with van der Waals surface area (Å²) in [4.78, 5) is 0. The van der Waals surface area contributed by atoms with E-state index in [9.17, 15) is 4.39 Å². The van der Waals surface area contributed by atoms with Crippen molar-refractivity contribution in [3.8, 4) is 0 Å². The van der Waals surface area contributed by atoms with E-state index in [0.717, 1.165) is 18.5 Å². The molecule has 0 fully saturated rings. The normalized spacial score (nSPS) is 13.4. The predicted octanol–water partition coefficient (Wildman–Crippen LogP) is 5.27. The summed E-state index contributed by atoms with van der Waals surface area (Å²) in [6.45, 7) is 9.53. The smallest absolute Gasteiger partial charge is 0.126 e. The summed E-state index contributed by atoms with van der Waals surface area (Å²) >= 11 is 0. The first-order chi connectivity index (χ1) is 9.44. The van der Waals surface area contributed by atoms with Crippen LogP contribution in [0.15, 0.2) is 24.3 Å². The largest absolute Gasteiger partial charge is 0.311 e. The quantitative estimate of drug-likeness (QED) is 0.639. The number of unbranched alkanes of at least 4 members (excludes halogenated alkanes) is 3. The lowest BCUT2D eigenvalue weighted by molar-refractivity contribution is 0.389. The molecular formula is C18H30FN. The number of hydrogen-bond donors (Lipinski definition) is 1. The third-order valence-corrected chi connectivity index (χ3v) is 3.63. The van der Waals surface area contributed by atoms with Gasteiger partial charge in [-0.15, -0.1) is 0 Å². The maximum absolute atomic E-state index is 14.0. The van der Waals surface area contributed by atoms with Crippen LogP contribution < -0.4 is 5.32 Å². The Hall–Kier alpha value is -0.890. The van der Waals surface area contributed by atoms with Crippen molar-refractivity contribution in [3.05, 3.63) is 35.6 Å². The zero-order valence-corrected chi connectivity index (χ0v) is 13.5. The minimum Gasteiger partial charge on any atom is -0.311 e. The average molecular weight is 279 g/mol. The van der Waals surface area contributed by atoms with Crippen LogP contribution in [-0.2, 0) is 0 Å². The van der Waals surface area contributed by atoms with Crippen LogP contribution in [0.2, 0.25) is 0 Å². The summed E-state index contributed by atoms with van der Waals surface area (Å²) in [5, 5.41) is 3.52. The third-order valence-electron chi connectivity index (χ3n) is 3.63. The minimum absolute atomic E-state index is 0.0660. The molecule has 1 aromatic rings. The molecule has 0 spiro atoms. The Morgan fingerprint density at radius 1 is 1.10 bits per heavy atom. The molecule has 0 bridgehead atoms. The van der Waals surface area contributed by atoms with E-state index in [0.29, 0.717) is 0 Å². The zero-order chi connectivity index (χ0) is 15.0. The van der Waals surface area contributed by atoms with Crippen LogP contribution in [0.25, 0.3) is 0 Å². The maximum Gasteiger partial charge on any atom is 0.126 e. The van der Waals surface area contributed by atoms with E-state index in [1.807, 2.05) is 12.1 Å². The van der Waals surface area contributed by atoms with Gasteiger partial charge in [-0.1, -0.05) is 50.8 Å². The highest BCUT2D eigenvalue weighted by Crippen LogP contribution is 2.25. The third kappa shape index (κ3) is 6.51. The van der Waals surface area contributed by atoms with Crippen molar-refractivity contribution < 1.29 is 4.39 Å². The second-order valence-electron chi connectivity index (χ2n) is 6.70. The SMILES string of the molecule is CCCCCCC(CNC(C)(C)C)c1ccccc1F. The first-order valence-corrected chi connectivity index (χ1v) is 7.93. The van der Waals surface area contributed by atoms with Gasteiger partial charge in [0.1, 0.15) is 5.82 Å². The van der Waals surface area contributed by atoms with E-state index in [4.69, 9.17) is 0 Å². The Balaban J connectivity index is 2.66. The zero-order valence-electron chi connectivity index (χ0n) is 13.5. The second kappa shape index (κ2) is 8.41. The van der Waals surface area contributed by atoms with Gasteiger partial charge in [-0.25, -0.2) is 4.39 Å². The second-order valence-corrected chi connectivity index (χ2v) is 6.70. The van der Waals surface area contributed by atoms with Gasteiger partial charge in [-0.3, -0.25) is 0 Å². The molecule has 114 valence electrons. The van der Waals surface area contributed by atoms with Crippen molar-refractivity contribution in [2.45, 2.75) is 71.3 Å². The maximum atomic E-state index is 14.0. The summed E-state index contributed by atoms with van der Waals surface area (Å²) in [5.41, 5.74) is 0.938. The molecule has 1 aromatic carbocycles. The molecule has 0 amide bonds. The lowest BCUT2D eigenvalue weighted by Crippen LogP contribution is -2.38. The Labute approximate surface area is 124 Å². The van der Waals surface area contributed by atoms with Crippen LogP contribution in [0.3, 0.4) is 0 Å². The van der Waals surface area contributed by atoms with Crippen molar-refractivity contribution in [2.75, 3.05) is 6.54 Å². The van der Waals surface area contributed by atoms with E-state index in [-0.39, 0.29) is 17.3 Å². The van der Waals surface area contributed by atoms with Crippen molar-refractivity contribution >= 4 is 0 Å². The number of benzene rings is 1. The van der Waals surface area contributed by atoms with Crippen molar-refractivity contribution in [1.82, 2.24) is 5.32 Å². The molecule has 0 radical (unpaired) electrons. The molecule has 0 saturated heterocycles. The fraction of sp³-hybridized carbons (Fsp3) is 0.667. The summed E-state index contributed by atoms with van der Waals surface area (Å²) in [6, 6.07) is 7.22. The van der Waals surface area contributed by atoms with Crippen LogP contribution in [0.4, 0.5) is 4.39 Å². The lowest BCUT2D eigenvalue weighted by Gasteiger charge is -2.26. The Morgan fingerprint density at radius 2 is 1.80 bits per heavy atom. The fourth-order valence-corrected chi connectivity index (χ4v) is 2.42. The van der Waals surface area contributed by atoms with Gasteiger partial charge in [0.2, 0.25) is 0 Å². The standard InChI is InChI=1S/C18H30FN/c1-5-6-7-8-11-15(14-20-18(2,3)4)16-12-9-10-13-17(16)19/h9-10,12-13,15,20H,5-8,11,14H2,1-4H3. The van der Waals surface area contributed by atoms with Gasteiger partial charge >= 0.3 is 0 Å².